The minimum Gasteiger partial charge on any atom is -0.489 e. The maximum atomic E-state index is 5.84. The fourth-order valence-corrected chi connectivity index (χ4v) is 2.20. The molecule has 0 aliphatic carbocycles. The molecule has 0 radical (unpaired) electrons. The van der Waals surface area contributed by atoms with Crippen LogP contribution in [0.3, 0.4) is 0 Å². The van der Waals surface area contributed by atoms with E-state index in [4.69, 9.17) is 10.5 Å². The summed E-state index contributed by atoms with van der Waals surface area (Å²) in [5.41, 5.74) is 7.87. The van der Waals surface area contributed by atoms with Gasteiger partial charge in [-0.2, -0.15) is 0 Å². The van der Waals surface area contributed by atoms with Crippen LogP contribution >= 0.6 is 0 Å². The van der Waals surface area contributed by atoms with Crippen molar-refractivity contribution in [3.05, 3.63) is 77.9 Å². The summed E-state index contributed by atoms with van der Waals surface area (Å²) < 4.78 is 5.84. The number of benzene rings is 3. The van der Waals surface area contributed by atoms with Gasteiger partial charge in [-0.15, -0.1) is 0 Å². The second-order valence-corrected chi connectivity index (χ2v) is 4.82. The molecule has 0 atom stereocenters. The third-order valence-electron chi connectivity index (χ3n) is 3.39. The molecule has 3 aromatic rings. The van der Waals surface area contributed by atoms with E-state index in [2.05, 4.69) is 36.4 Å². The molecule has 0 amide bonds. The van der Waals surface area contributed by atoms with Crippen LogP contribution in [0.5, 0.6) is 5.75 Å². The van der Waals surface area contributed by atoms with Crippen LogP contribution in [0.2, 0.25) is 0 Å². The van der Waals surface area contributed by atoms with Crippen LogP contribution in [0.25, 0.3) is 10.8 Å². The molecule has 20 heavy (non-hydrogen) atoms. The van der Waals surface area contributed by atoms with Gasteiger partial charge in [-0.1, -0.05) is 54.6 Å². The van der Waals surface area contributed by atoms with Crippen LogP contribution in [0.1, 0.15) is 11.1 Å². The Morgan fingerprint density at radius 1 is 0.750 bits per heavy atom. The molecular weight excluding hydrogens is 246 g/mol. The fourth-order valence-electron chi connectivity index (χ4n) is 2.20. The molecule has 0 saturated heterocycles. The highest BCUT2D eigenvalue weighted by molar-refractivity contribution is 5.83. The van der Waals surface area contributed by atoms with E-state index in [1.165, 1.54) is 10.8 Å². The molecule has 0 saturated carbocycles. The normalized spacial score (nSPS) is 10.7. The first-order valence-electron chi connectivity index (χ1n) is 6.74. The first-order valence-corrected chi connectivity index (χ1v) is 6.74. The predicted octanol–water partition coefficient (Wildman–Crippen LogP) is 3.88. The van der Waals surface area contributed by atoms with Crippen molar-refractivity contribution >= 4 is 10.8 Å². The second kappa shape index (κ2) is 5.76. The Balaban J connectivity index is 1.72. The maximum absolute atomic E-state index is 5.84. The molecule has 2 N–H and O–H groups in total. The Morgan fingerprint density at radius 3 is 2.20 bits per heavy atom. The Bertz CT molecular complexity index is 704. The van der Waals surface area contributed by atoms with Gasteiger partial charge in [0, 0.05) is 6.54 Å². The number of rotatable bonds is 4. The molecule has 2 nitrogen and oxygen atoms in total. The summed E-state index contributed by atoms with van der Waals surface area (Å²) in [4.78, 5) is 0. The third kappa shape index (κ3) is 2.81. The number of fused-ring (bicyclic) bond motifs is 1. The molecule has 0 aromatic heterocycles. The number of hydrogen-bond acceptors (Lipinski definition) is 2. The Morgan fingerprint density at radius 2 is 1.45 bits per heavy atom. The summed E-state index contributed by atoms with van der Waals surface area (Å²) in [5.74, 6) is 0.895. The lowest BCUT2D eigenvalue weighted by molar-refractivity contribution is 0.306. The van der Waals surface area contributed by atoms with Crippen LogP contribution in [0.4, 0.5) is 0 Å². The molecule has 3 aromatic carbocycles. The zero-order valence-corrected chi connectivity index (χ0v) is 11.3. The standard InChI is InChI=1S/C18H17NO/c19-12-14-5-7-15(8-6-14)13-20-18-10-9-16-3-1-2-4-17(16)11-18/h1-11H,12-13,19H2. The topological polar surface area (TPSA) is 35.2 Å². The molecule has 0 fully saturated rings. The SMILES string of the molecule is NCc1ccc(COc2ccc3ccccc3c2)cc1. The summed E-state index contributed by atoms with van der Waals surface area (Å²) in [6.07, 6.45) is 0. The van der Waals surface area contributed by atoms with E-state index in [9.17, 15) is 0 Å². The van der Waals surface area contributed by atoms with Crippen molar-refractivity contribution in [1.82, 2.24) is 0 Å². The van der Waals surface area contributed by atoms with E-state index in [0.717, 1.165) is 16.9 Å². The highest BCUT2D eigenvalue weighted by Crippen LogP contribution is 2.21. The largest absolute Gasteiger partial charge is 0.489 e. The van der Waals surface area contributed by atoms with Gasteiger partial charge in [0.2, 0.25) is 0 Å². The lowest BCUT2D eigenvalue weighted by atomic mass is 10.1. The van der Waals surface area contributed by atoms with Gasteiger partial charge in [0.05, 0.1) is 0 Å². The quantitative estimate of drug-likeness (QED) is 0.775. The van der Waals surface area contributed by atoms with E-state index in [-0.39, 0.29) is 0 Å². The van der Waals surface area contributed by atoms with E-state index in [1.54, 1.807) is 0 Å². The van der Waals surface area contributed by atoms with Gasteiger partial charge in [0.25, 0.3) is 0 Å². The minimum atomic E-state index is 0.573. The zero-order chi connectivity index (χ0) is 13.8. The van der Waals surface area contributed by atoms with E-state index in [1.807, 2.05) is 30.3 Å². The van der Waals surface area contributed by atoms with Gasteiger partial charge < -0.3 is 10.5 Å². The molecular formula is C18H17NO. The van der Waals surface area contributed by atoms with Crippen LogP contribution in [0, 0.1) is 0 Å². The molecule has 0 heterocycles. The van der Waals surface area contributed by atoms with Crippen molar-refractivity contribution in [3.8, 4) is 5.75 Å². The van der Waals surface area contributed by atoms with Crippen molar-refractivity contribution in [1.29, 1.82) is 0 Å². The van der Waals surface area contributed by atoms with E-state index < -0.39 is 0 Å². The van der Waals surface area contributed by atoms with Gasteiger partial charge in [0.15, 0.2) is 0 Å². The van der Waals surface area contributed by atoms with Gasteiger partial charge in [-0.3, -0.25) is 0 Å². The summed E-state index contributed by atoms with van der Waals surface area (Å²) in [7, 11) is 0. The van der Waals surface area contributed by atoms with E-state index in [0.29, 0.717) is 13.2 Å². The minimum absolute atomic E-state index is 0.573. The van der Waals surface area contributed by atoms with Gasteiger partial charge in [-0.25, -0.2) is 0 Å². The average molecular weight is 263 g/mol. The Kier molecular flexibility index (Phi) is 3.66. The highest BCUT2D eigenvalue weighted by Gasteiger charge is 1.98. The van der Waals surface area contributed by atoms with Crippen LogP contribution < -0.4 is 10.5 Å². The van der Waals surface area contributed by atoms with Gasteiger partial charge in [0.1, 0.15) is 12.4 Å². The Hall–Kier alpha value is -2.32. The Labute approximate surface area is 118 Å². The smallest absolute Gasteiger partial charge is 0.120 e. The van der Waals surface area contributed by atoms with Crippen molar-refractivity contribution in [3.63, 3.8) is 0 Å². The molecule has 100 valence electrons. The molecule has 0 spiro atoms. The van der Waals surface area contributed by atoms with Crippen molar-refractivity contribution < 1.29 is 4.74 Å². The molecule has 3 rings (SSSR count). The zero-order valence-electron chi connectivity index (χ0n) is 11.3. The van der Waals surface area contributed by atoms with Crippen molar-refractivity contribution in [2.75, 3.05) is 0 Å². The third-order valence-corrected chi connectivity index (χ3v) is 3.39. The van der Waals surface area contributed by atoms with Crippen molar-refractivity contribution in [2.45, 2.75) is 13.2 Å². The molecule has 0 aliphatic heterocycles. The number of ether oxygens (including phenoxy) is 1. The predicted molar refractivity (Wildman–Crippen MR) is 82.6 cm³/mol. The summed E-state index contributed by atoms with van der Waals surface area (Å²) in [6.45, 7) is 1.15. The fraction of sp³-hybridized carbons (Fsp3) is 0.111. The van der Waals surface area contributed by atoms with Crippen LogP contribution in [0.15, 0.2) is 66.7 Å². The number of nitrogens with two attached hydrogens (primary N) is 1. The second-order valence-electron chi connectivity index (χ2n) is 4.82. The molecule has 2 heteroatoms. The van der Waals surface area contributed by atoms with E-state index >= 15 is 0 Å². The first-order chi connectivity index (χ1) is 9.85. The van der Waals surface area contributed by atoms with Crippen molar-refractivity contribution in [2.24, 2.45) is 5.73 Å². The highest BCUT2D eigenvalue weighted by atomic mass is 16.5. The summed E-state index contributed by atoms with van der Waals surface area (Å²) in [6, 6.07) is 22.6. The molecule has 0 unspecified atom stereocenters. The average Bonchev–Trinajstić information content (AvgIpc) is 2.53. The molecule has 0 aliphatic rings. The lowest BCUT2D eigenvalue weighted by Gasteiger charge is -2.08. The van der Waals surface area contributed by atoms with Gasteiger partial charge in [-0.05, 0) is 34.0 Å². The van der Waals surface area contributed by atoms with Crippen LogP contribution in [-0.4, -0.2) is 0 Å². The summed E-state index contributed by atoms with van der Waals surface area (Å²) in [5, 5.41) is 2.43. The number of hydrogen-bond donors (Lipinski definition) is 1. The lowest BCUT2D eigenvalue weighted by Crippen LogP contribution is -1.98. The summed E-state index contributed by atoms with van der Waals surface area (Å²) >= 11 is 0. The monoisotopic (exact) mass is 263 g/mol. The maximum Gasteiger partial charge on any atom is 0.120 e. The molecule has 0 bridgehead atoms. The first kappa shape index (κ1) is 12.7. The van der Waals surface area contributed by atoms with Gasteiger partial charge >= 0.3 is 0 Å². The van der Waals surface area contributed by atoms with Crippen LogP contribution in [-0.2, 0) is 13.2 Å².